The molecule has 6 heteroatoms. The molecule has 0 heterocycles. The fraction of sp³-hybridized carbons (Fsp3) is 0.841. The molecule has 0 N–H and O–H groups in total. The lowest BCUT2D eigenvalue weighted by molar-refractivity contribution is -0.167. The first-order valence-corrected chi connectivity index (χ1v) is 33.1. The molecule has 75 heavy (non-hydrogen) atoms. The number of rotatable bonds is 61. The highest BCUT2D eigenvalue weighted by Crippen LogP contribution is 2.18. The fourth-order valence-corrected chi connectivity index (χ4v) is 9.91. The molecule has 0 aliphatic heterocycles. The lowest BCUT2D eigenvalue weighted by Gasteiger charge is -2.18. The van der Waals surface area contributed by atoms with Crippen LogP contribution in [0.15, 0.2) is 48.6 Å². The molecule has 0 aliphatic carbocycles. The molecule has 0 saturated heterocycles. The first kappa shape index (κ1) is 72.4. The van der Waals surface area contributed by atoms with Crippen LogP contribution in [0.1, 0.15) is 355 Å². The van der Waals surface area contributed by atoms with Gasteiger partial charge in [-0.05, 0) is 57.8 Å². The van der Waals surface area contributed by atoms with Crippen molar-refractivity contribution in [2.24, 2.45) is 0 Å². The third kappa shape index (κ3) is 62.1. The number of hydrogen-bond acceptors (Lipinski definition) is 6. The van der Waals surface area contributed by atoms with Crippen molar-refractivity contribution in [2.75, 3.05) is 13.2 Å². The lowest BCUT2D eigenvalue weighted by atomic mass is 10.0. The van der Waals surface area contributed by atoms with Crippen molar-refractivity contribution in [3.63, 3.8) is 0 Å². The minimum atomic E-state index is -0.765. The minimum absolute atomic E-state index is 0.0653. The van der Waals surface area contributed by atoms with Gasteiger partial charge in [-0.3, -0.25) is 14.4 Å². The monoisotopic (exact) mass is 1050 g/mol. The number of carbonyl (C=O) groups is 3. The summed E-state index contributed by atoms with van der Waals surface area (Å²) in [6.07, 6.45) is 80.1. The molecule has 0 saturated carbocycles. The molecule has 438 valence electrons. The minimum Gasteiger partial charge on any atom is -0.462 e. The Hall–Kier alpha value is -2.63. The van der Waals surface area contributed by atoms with Crippen LogP contribution in [-0.4, -0.2) is 37.2 Å². The summed E-state index contributed by atoms with van der Waals surface area (Å²) in [5, 5.41) is 0. The second-order valence-electron chi connectivity index (χ2n) is 22.4. The lowest BCUT2D eigenvalue weighted by Crippen LogP contribution is -2.30. The maximum absolute atomic E-state index is 12.8. The largest absolute Gasteiger partial charge is 0.462 e. The summed E-state index contributed by atoms with van der Waals surface area (Å²) in [7, 11) is 0. The van der Waals surface area contributed by atoms with E-state index < -0.39 is 6.10 Å². The highest BCUT2D eigenvalue weighted by Gasteiger charge is 2.19. The van der Waals surface area contributed by atoms with E-state index in [1.54, 1.807) is 0 Å². The van der Waals surface area contributed by atoms with Gasteiger partial charge in [0.05, 0.1) is 0 Å². The summed E-state index contributed by atoms with van der Waals surface area (Å²) in [6, 6.07) is 0. The zero-order chi connectivity index (χ0) is 54.3. The van der Waals surface area contributed by atoms with Crippen molar-refractivity contribution in [1.29, 1.82) is 0 Å². The maximum atomic E-state index is 12.8. The van der Waals surface area contributed by atoms with Crippen LogP contribution in [0.5, 0.6) is 0 Å². The Morgan fingerprint density at radius 2 is 0.520 bits per heavy atom. The molecule has 0 spiro atoms. The van der Waals surface area contributed by atoms with Gasteiger partial charge >= 0.3 is 17.9 Å². The quantitative estimate of drug-likeness (QED) is 0.0261. The van der Waals surface area contributed by atoms with Gasteiger partial charge < -0.3 is 14.2 Å². The molecular weight excluding hydrogens is 925 g/mol. The van der Waals surface area contributed by atoms with Crippen LogP contribution in [-0.2, 0) is 28.6 Å². The van der Waals surface area contributed by atoms with Crippen LogP contribution in [0.4, 0.5) is 0 Å². The number of allylic oxidation sites excluding steroid dienone is 8. The van der Waals surface area contributed by atoms with Crippen molar-refractivity contribution in [2.45, 2.75) is 361 Å². The number of carbonyl (C=O) groups excluding carboxylic acids is 3. The van der Waals surface area contributed by atoms with E-state index in [9.17, 15) is 14.4 Å². The summed E-state index contributed by atoms with van der Waals surface area (Å²) in [6.45, 7) is 6.57. The van der Waals surface area contributed by atoms with E-state index in [-0.39, 0.29) is 31.1 Å². The van der Waals surface area contributed by atoms with E-state index >= 15 is 0 Å². The van der Waals surface area contributed by atoms with Crippen molar-refractivity contribution in [1.82, 2.24) is 0 Å². The number of unbranched alkanes of at least 4 members (excludes halogenated alkanes) is 42. The van der Waals surface area contributed by atoms with Gasteiger partial charge in [-0.1, -0.05) is 326 Å². The smallest absolute Gasteiger partial charge is 0.306 e. The molecule has 0 aromatic carbocycles. The van der Waals surface area contributed by atoms with Crippen LogP contribution in [0.2, 0.25) is 0 Å². The molecule has 6 nitrogen and oxygen atoms in total. The average molecular weight is 1050 g/mol. The van der Waals surface area contributed by atoms with Crippen LogP contribution < -0.4 is 0 Å². The molecule has 0 rings (SSSR count). The molecule has 1 atom stereocenters. The van der Waals surface area contributed by atoms with Gasteiger partial charge in [-0.25, -0.2) is 0 Å². The number of hydrogen-bond donors (Lipinski definition) is 0. The maximum Gasteiger partial charge on any atom is 0.306 e. The van der Waals surface area contributed by atoms with Gasteiger partial charge in [-0.2, -0.15) is 0 Å². The van der Waals surface area contributed by atoms with Crippen molar-refractivity contribution >= 4 is 17.9 Å². The Labute approximate surface area is 467 Å². The average Bonchev–Trinajstić information content (AvgIpc) is 3.41. The second-order valence-corrected chi connectivity index (χ2v) is 22.4. The van der Waals surface area contributed by atoms with Crippen LogP contribution in [0.25, 0.3) is 0 Å². The van der Waals surface area contributed by atoms with E-state index in [0.29, 0.717) is 19.3 Å². The molecule has 0 aromatic rings. The molecule has 0 aromatic heterocycles. The zero-order valence-corrected chi connectivity index (χ0v) is 50.3. The number of ether oxygens (including phenoxy) is 3. The summed E-state index contributed by atoms with van der Waals surface area (Å²) in [4.78, 5) is 38.2. The third-order valence-electron chi connectivity index (χ3n) is 14.8. The Morgan fingerprint density at radius 1 is 0.280 bits per heavy atom. The summed E-state index contributed by atoms with van der Waals surface area (Å²) in [5.74, 6) is -0.842. The third-order valence-corrected chi connectivity index (χ3v) is 14.8. The van der Waals surface area contributed by atoms with Crippen molar-refractivity contribution < 1.29 is 28.6 Å². The fourth-order valence-electron chi connectivity index (χ4n) is 9.91. The zero-order valence-electron chi connectivity index (χ0n) is 50.3. The van der Waals surface area contributed by atoms with E-state index in [0.717, 1.165) is 83.5 Å². The van der Waals surface area contributed by atoms with Gasteiger partial charge in [0.2, 0.25) is 0 Å². The molecule has 0 aliphatic rings. The second kappa shape index (κ2) is 63.9. The van der Waals surface area contributed by atoms with Crippen LogP contribution >= 0.6 is 0 Å². The SMILES string of the molecule is CC/C=C\C/C=C\C/C=C\C/C=C\CCCCCCCCCCCCCCCCCCCCCCC(=O)OCC(COC(=O)CCCCCCCCCCCC)OC(=O)CCCCCCCCCCCCCCCC. The Balaban J connectivity index is 4.02. The van der Waals surface area contributed by atoms with Gasteiger partial charge in [0.25, 0.3) is 0 Å². The molecular formula is C69H126O6. The molecule has 0 bridgehead atoms. The van der Waals surface area contributed by atoms with E-state index in [4.69, 9.17) is 14.2 Å². The van der Waals surface area contributed by atoms with E-state index in [2.05, 4.69) is 69.4 Å². The summed E-state index contributed by atoms with van der Waals surface area (Å²) >= 11 is 0. The first-order chi connectivity index (χ1) is 37.0. The van der Waals surface area contributed by atoms with Gasteiger partial charge in [0.1, 0.15) is 13.2 Å². The predicted molar refractivity (Wildman–Crippen MR) is 325 cm³/mol. The highest BCUT2D eigenvalue weighted by molar-refractivity contribution is 5.71. The van der Waals surface area contributed by atoms with Gasteiger partial charge in [0, 0.05) is 19.3 Å². The Bertz CT molecular complexity index is 1300. The highest BCUT2D eigenvalue weighted by atomic mass is 16.6. The Morgan fingerprint density at radius 3 is 0.813 bits per heavy atom. The molecule has 1 unspecified atom stereocenters. The van der Waals surface area contributed by atoms with Crippen molar-refractivity contribution in [3.8, 4) is 0 Å². The van der Waals surface area contributed by atoms with Gasteiger partial charge in [-0.15, -0.1) is 0 Å². The molecule has 0 amide bonds. The topological polar surface area (TPSA) is 78.9 Å². The summed E-state index contributed by atoms with van der Waals surface area (Å²) in [5.41, 5.74) is 0. The summed E-state index contributed by atoms with van der Waals surface area (Å²) < 4.78 is 16.9. The van der Waals surface area contributed by atoms with Crippen molar-refractivity contribution in [3.05, 3.63) is 48.6 Å². The standard InChI is InChI=1S/C69H126O6/c1-4-7-10-13-16-19-22-24-26-27-28-29-30-31-32-33-34-35-36-37-38-39-40-41-42-43-44-46-47-50-53-56-59-62-68(71)74-65-66(64-73-67(70)61-58-55-52-49-21-18-15-12-9-6-3)75-69(72)63-60-57-54-51-48-45-25-23-20-17-14-11-8-5-2/h7,10,16,19,24,26,28-29,66H,4-6,8-9,11-15,17-18,20-23,25,27,30-65H2,1-3H3/b10-7-,19-16-,26-24-,29-28-. The predicted octanol–water partition coefficient (Wildman–Crippen LogP) is 22.6. The number of esters is 3. The first-order valence-electron chi connectivity index (χ1n) is 33.1. The molecule has 0 radical (unpaired) electrons. The van der Waals surface area contributed by atoms with Gasteiger partial charge in [0.15, 0.2) is 6.10 Å². The van der Waals surface area contributed by atoms with Crippen LogP contribution in [0.3, 0.4) is 0 Å². The normalized spacial score (nSPS) is 12.3. The van der Waals surface area contributed by atoms with Crippen LogP contribution in [0, 0.1) is 0 Å². The Kier molecular flexibility index (Phi) is 61.7. The van der Waals surface area contributed by atoms with E-state index in [1.807, 2.05) is 0 Å². The molecule has 0 fully saturated rings. The van der Waals surface area contributed by atoms with E-state index in [1.165, 1.54) is 231 Å².